The minimum Gasteiger partial charge on any atom is -0.353 e. The van der Waals surface area contributed by atoms with Gasteiger partial charge in [0.15, 0.2) is 0 Å². The number of hydrogen-bond acceptors (Lipinski definition) is 3. The summed E-state index contributed by atoms with van der Waals surface area (Å²) in [6, 6.07) is 3.84. The molecule has 0 spiro atoms. The van der Waals surface area contributed by atoms with Gasteiger partial charge in [-0.3, -0.25) is 9.67 Å². The van der Waals surface area contributed by atoms with Crippen molar-refractivity contribution in [1.82, 2.24) is 14.8 Å². The third-order valence-corrected chi connectivity index (χ3v) is 1.93. The van der Waals surface area contributed by atoms with Crippen LogP contribution < -0.4 is 5.32 Å². The highest BCUT2D eigenvalue weighted by Gasteiger charge is 1.96. The molecule has 2 aromatic rings. The predicted octanol–water partition coefficient (Wildman–Crippen LogP) is 2.04. The van der Waals surface area contributed by atoms with Crippen molar-refractivity contribution in [2.75, 3.05) is 5.32 Å². The molecule has 4 nitrogen and oxygen atoms in total. The van der Waals surface area contributed by atoms with Crippen molar-refractivity contribution < 1.29 is 0 Å². The van der Waals surface area contributed by atoms with Gasteiger partial charge in [-0.15, -0.1) is 0 Å². The highest BCUT2D eigenvalue weighted by Crippen LogP contribution is 2.13. The zero-order valence-electron chi connectivity index (χ0n) is 8.01. The zero-order valence-corrected chi connectivity index (χ0v) is 8.01. The molecule has 0 aliphatic carbocycles. The first kappa shape index (κ1) is 8.74. The van der Waals surface area contributed by atoms with E-state index in [1.165, 1.54) is 0 Å². The van der Waals surface area contributed by atoms with E-state index >= 15 is 0 Å². The van der Waals surface area contributed by atoms with E-state index in [4.69, 9.17) is 0 Å². The van der Waals surface area contributed by atoms with Crippen LogP contribution in [0.4, 0.5) is 11.4 Å². The lowest BCUT2D eigenvalue weighted by Gasteiger charge is -2.00. The maximum absolute atomic E-state index is 4.17. The lowest BCUT2D eigenvalue weighted by atomic mass is 10.4. The third kappa shape index (κ3) is 1.90. The van der Waals surface area contributed by atoms with Gasteiger partial charge in [0.25, 0.3) is 0 Å². The number of aromatic nitrogens is 3. The summed E-state index contributed by atoms with van der Waals surface area (Å²) in [5, 5.41) is 7.40. The van der Waals surface area contributed by atoms with Crippen LogP contribution in [0.2, 0.25) is 0 Å². The topological polar surface area (TPSA) is 42.7 Å². The first-order valence-corrected chi connectivity index (χ1v) is 4.58. The lowest BCUT2D eigenvalue weighted by Crippen LogP contribution is -1.92. The van der Waals surface area contributed by atoms with Crippen molar-refractivity contribution in [3.05, 3.63) is 36.9 Å². The van der Waals surface area contributed by atoms with Crippen LogP contribution in [-0.4, -0.2) is 14.8 Å². The molecule has 2 heterocycles. The van der Waals surface area contributed by atoms with Gasteiger partial charge < -0.3 is 5.32 Å². The average Bonchev–Trinajstić information content (AvgIpc) is 2.67. The maximum atomic E-state index is 4.17. The minimum absolute atomic E-state index is 0.887. The van der Waals surface area contributed by atoms with Crippen LogP contribution in [0, 0.1) is 0 Å². The summed E-state index contributed by atoms with van der Waals surface area (Å²) in [6.07, 6.45) is 7.30. The van der Waals surface area contributed by atoms with E-state index in [2.05, 4.69) is 22.3 Å². The highest BCUT2D eigenvalue weighted by molar-refractivity contribution is 5.56. The first-order valence-electron chi connectivity index (χ1n) is 4.58. The van der Waals surface area contributed by atoms with Gasteiger partial charge in [0.2, 0.25) is 0 Å². The molecular formula is C10H12N4. The lowest BCUT2D eigenvalue weighted by molar-refractivity contribution is 0.660. The molecule has 0 aromatic carbocycles. The molecule has 0 aliphatic rings. The summed E-state index contributed by atoms with van der Waals surface area (Å²) in [5.41, 5.74) is 2.02. The molecule has 0 atom stereocenters. The minimum atomic E-state index is 0.887. The van der Waals surface area contributed by atoms with Crippen LogP contribution in [0.5, 0.6) is 0 Å². The number of rotatable bonds is 3. The van der Waals surface area contributed by atoms with Crippen LogP contribution in [0.25, 0.3) is 0 Å². The molecule has 2 aromatic heterocycles. The highest BCUT2D eigenvalue weighted by atomic mass is 15.3. The number of hydrogen-bond donors (Lipinski definition) is 1. The number of nitrogens with zero attached hydrogens (tertiary/aromatic N) is 3. The monoisotopic (exact) mass is 188 g/mol. The second-order valence-corrected chi connectivity index (χ2v) is 2.95. The molecule has 4 heteroatoms. The molecule has 0 aliphatic heterocycles. The molecule has 0 bridgehead atoms. The van der Waals surface area contributed by atoms with Crippen molar-refractivity contribution in [2.24, 2.45) is 0 Å². The Morgan fingerprint density at radius 2 is 2.07 bits per heavy atom. The normalized spacial score (nSPS) is 10.1. The summed E-state index contributed by atoms with van der Waals surface area (Å²) in [6.45, 7) is 2.95. The van der Waals surface area contributed by atoms with Gasteiger partial charge in [0.1, 0.15) is 0 Å². The van der Waals surface area contributed by atoms with Crippen molar-refractivity contribution in [3.63, 3.8) is 0 Å². The van der Waals surface area contributed by atoms with E-state index in [0.29, 0.717) is 0 Å². The number of aryl methyl sites for hydroxylation is 1. The van der Waals surface area contributed by atoms with Gasteiger partial charge in [0.05, 0.1) is 11.9 Å². The van der Waals surface area contributed by atoms with Gasteiger partial charge >= 0.3 is 0 Å². The third-order valence-electron chi connectivity index (χ3n) is 1.93. The molecule has 0 amide bonds. The largest absolute Gasteiger partial charge is 0.353 e. The quantitative estimate of drug-likeness (QED) is 0.801. The Hall–Kier alpha value is -1.84. The summed E-state index contributed by atoms with van der Waals surface area (Å²) >= 11 is 0. The Morgan fingerprint density at radius 3 is 2.71 bits per heavy atom. The van der Waals surface area contributed by atoms with Crippen LogP contribution >= 0.6 is 0 Å². The van der Waals surface area contributed by atoms with Crippen molar-refractivity contribution >= 4 is 11.4 Å². The Labute approximate surface area is 82.6 Å². The van der Waals surface area contributed by atoms with Gasteiger partial charge in [-0.25, -0.2) is 0 Å². The summed E-state index contributed by atoms with van der Waals surface area (Å²) in [5.74, 6) is 0. The van der Waals surface area contributed by atoms with Crippen molar-refractivity contribution in [3.8, 4) is 0 Å². The number of anilines is 2. The molecule has 0 unspecified atom stereocenters. The fraction of sp³-hybridized carbons (Fsp3) is 0.200. The van der Waals surface area contributed by atoms with E-state index in [0.717, 1.165) is 17.9 Å². The van der Waals surface area contributed by atoms with E-state index in [1.54, 1.807) is 12.4 Å². The summed E-state index contributed by atoms with van der Waals surface area (Å²) in [7, 11) is 0. The second kappa shape index (κ2) is 3.91. The Balaban J connectivity index is 2.11. The predicted molar refractivity (Wildman–Crippen MR) is 55.4 cm³/mol. The molecular weight excluding hydrogens is 176 g/mol. The molecule has 0 radical (unpaired) electrons. The molecule has 0 saturated carbocycles. The standard InChI is InChI=1S/C10H12N4/c1-2-14-8-10(7-12-14)13-9-3-5-11-6-4-9/h3-8H,2H2,1H3,(H,11,13). The fourth-order valence-electron chi connectivity index (χ4n) is 1.20. The van der Waals surface area contributed by atoms with Gasteiger partial charge in [-0.2, -0.15) is 5.10 Å². The summed E-state index contributed by atoms with van der Waals surface area (Å²) in [4.78, 5) is 3.95. The van der Waals surface area contributed by atoms with E-state index in [9.17, 15) is 0 Å². The summed E-state index contributed by atoms with van der Waals surface area (Å²) < 4.78 is 1.88. The van der Waals surface area contributed by atoms with Gasteiger partial charge in [0, 0.05) is 30.8 Å². The van der Waals surface area contributed by atoms with Gasteiger partial charge in [-0.05, 0) is 19.1 Å². The van der Waals surface area contributed by atoms with E-state index in [1.807, 2.05) is 29.2 Å². The SMILES string of the molecule is CCn1cc(Nc2ccncc2)cn1. The smallest absolute Gasteiger partial charge is 0.0770 e. The van der Waals surface area contributed by atoms with Crippen LogP contribution in [0.1, 0.15) is 6.92 Å². The maximum Gasteiger partial charge on any atom is 0.0770 e. The van der Waals surface area contributed by atoms with E-state index < -0.39 is 0 Å². The van der Waals surface area contributed by atoms with Gasteiger partial charge in [-0.1, -0.05) is 0 Å². The molecule has 0 fully saturated rings. The molecule has 2 rings (SSSR count). The number of pyridine rings is 1. The fourth-order valence-corrected chi connectivity index (χ4v) is 1.20. The molecule has 14 heavy (non-hydrogen) atoms. The Kier molecular flexibility index (Phi) is 2.44. The average molecular weight is 188 g/mol. The first-order chi connectivity index (χ1) is 6.88. The van der Waals surface area contributed by atoms with E-state index in [-0.39, 0.29) is 0 Å². The Morgan fingerprint density at radius 1 is 1.29 bits per heavy atom. The zero-order chi connectivity index (χ0) is 9.80. The Bertz CT molecular complexity index is 394. The van der Waals surface area contributed by atoms with Crippen LogP contribution in [-0.2, 0) is 6.54 Å². The number of nitrogens with one attached hydrogen (secondary N) is 1. The molecule has 1 N–H and O–H groups in total. The van der Waals surface area contributed by atoms with Crippen LogP contribution in [0.3, 0.4) is 0 Å². The van der Waals surface area contributed by atoms with Crippen molar-refractivity contribution in [2.45, 2.75) is 13.5 Å². The van der Waals surface area contributed by atoms with Crippen LogP contribution in [0.15, 0.2) is 36.9 Å². The second-order valence-electron chi connectivity index (χ2n) is 2.95. The molecule has 72 valence electrons. The van der Waals surface area contributed by atoms with Crippen molar-refractivity contribution in [1.29, 1.82) is 0 Å². The molecule has 0 saturated heterocycles.